The summed E-state index contributed by atoms with van der Waals surface area (Å²) in [7, 11) is 2.57. The van der Waals surface area contributed by atoms with Gasteiger partial charge in [-0.25, -0.2) is 4.79 Å². The van der Waals surface area contributed by atoms with E-state index in [0.717, 1.165) is 0 Å². The van der Waals surface area contributed by atoms with Crippen molar-refractivity contribution < 1.29 is 63.9 Å². The van der Waals surface area contributed by atoms with Gasteiger partial charge in [0.25, 0.3) is 0 Å². The Morgan fingerprint density at radius 2 is 1.67 bits per heavy atom. The first-order chi connectivity index (χ1) is 15.7. The average Bonchev–Trinajstić information content (AvgIpc) is 2.82. The highest BCUT2D eigenvalue weighted by Crippen LogP contribution is 2.30. The summed E-state index contributed by atoms with van der Waals surface area (Å²) in [6.07, 6.45) is -13.5. The molecular formula is C20H28O13. The molecule has 0 radical (unpaired) electrons. The molecule has 3 rings (SSSR count). The molecule has 0 saturated carbocycles. The Kier molecular flexibility index (Phi) is 8.44. The molecule has 2 heterocycles. The highest BCUT2D eigenvalue weighted by molar-refractivity contribution is 5.93. The van der Waals surface area contributed by atoms with E-state index < -0.39 is 67.9 Å². The minimum Gasteiger partial charge on any atom is -0.497 e. The molecule has 2 aliphatic rings. The molecule has 13 heteroatoms. The third kappa shape index (κ3) is 5.54. The fourth-order valence-electron chi connectivity index (χ4n) is 3.40. The molecular weight excluding hydrogens is 448 g/mol. The van der Waals surface area contributed by atoms with E-state index in [0.29, 0.717) is 5.75 Å². The maximum Gasteiger partial charge on any atom is 0.341 e. The molecule has 186 valence electrons. The summed E-state index contributed by atoms with van der Waals surface area (Å²) in [5, 5.41) is 60.1. The molecule has 13 nitrogen and oxygen atoms in total. The molecule has 1 aromatic carbocycles. The van der Waals surface area contributed by atoms with Crippen LogP contribution in [-0.2, 0) is 18.9 Å². The fourth-order valence-corrected chi connectivity index (χ4v) is 3.40. The molecule has 0 unspecified atom stereocenters. The van der Waals surface area contributed by atoms with Crippen molar-refractivity contribution in [2.75, 3.05) is 27.4 Å². The number of rotatable bonds is 7. The van der Waals surface area contributed by atoms with Gasteiger partial charge in [0.1, 0.15) is 59.8 Å². The molecule has 0 aliphatic carbocycles. The number of hydrogen-bond donors (Lipinski definition) is 6. The van der Waals surface area contributed by atoms with Crippen LogP contribution in [0.25, 0.3) is 0 Å². The SMILES string of the molecule is COC(=O)c1cc(OC)ccc1O[C@H]1O[C@@H](CO[C@@H]2OC[C@H](O)[C@H](O)[C@@H]2O)[C@H](O)[C@@H](O)[C@@H]1O. The molecule has 6 N–H and O–H groups in total. The fraction of sp³-hybridized carbons (Fsp3) is 0.650. The number of hydrogen-bond acceptors (Lipinski definition) is 13. The first-order valence-corrected chi connectivity index (χ1v) is 10.1. The number of carbonyl (C=O) groups is 1. The van der Waals surface area contributed by atoms with E-state index in [1.54, 1.807) is 0 Å². The molecule has 2 saturated heterocycles. The molecule has 0 bridgehead atoms. The van der Waals surface area contributed by atoms with Crippen molar-refractivity contribution in [3.05, 3.63) is 23.8 Å². The second-order valence-corrected chi connectivity index (χ2v) is 7.57. The number of aliphatic hydroxyl groups is 6. The van der Waals surface area contributed by atoms with Crippen LogP contribution in [0.5, 0.6) is 11.5 Å². The van der Waals surface area contributed by atoms with Gasteiger partial charge in [0.15, 0.2) is 6.29 Å². The zero-order valence-corrected chi connectivity index (χ0v) is 17.9. The van der Waals surface area contributed by atoms with Gasteiger partial charge in [-0.1, -0.05) is 0 Å². The molecule has 0 spiro atoms. The quantitative estimate of drug-likeness (QED) is 0.220. The number of benzene rings is 1. The Balaban J connectivity index is 1.71. The van der Waals surface area contributed by atoms with Gasteiger partial charge in [-0.15, -0.1) is 0 Å². The Hall–Kier alpha value is -2.07. The smallest absolute Gasteiger partial charge is 0.341 e. The van der Waals surface area contributed by atoms with Gasteiger partial charge >= 0.3 is 5.97 Å². The first-order valence-electron chi connectivity index (χ1n) is 10.1. The summed E-state index contributed by atoms with van der Waals surface area (Å²) in [4.78, 5) is 12.1. The maximum absolute atomic E-state index is 12.1. The monoisotopic (exact) mass is 476 g/mol. The summed E-state index contributed by atoms with van der Waals surface area (Å²) in [5.74, 6) is -0.454. The molecule has 2 fully saturated rings. The average molecular weight is 476 g/mol. The van der Waals surface area contributed by atoms with E-state index in [4.69, 9.17) is 28.4 Å². The molecule has 0 aromatic heterocycles. The molecule has 2 aliphatic heterocycles. The van der Waals surface area contributed by atoms with E-state index in [9.17, 15) is 35.4 Å². The maximum atomic E-state index is 12.1. The standard InChI is InChI=1S/C20H28O13/c1-28-8-3-4-11(9(5-8)18(27)29-2)32-20-17(26)15(24)14(23)12(33-20)7-31-19-16(25)13(22)10(21)6-30-19/h3-5,10,12-17,19-26H,6-7H2,1-2H3/t10-,12-,13-,14-,15+,16-,17-,19-,20-/m0/s1. The predicted octanol–water partition coefficient (Wildman–Crippen LogP) is -2.88. The Morgan fingerprint density at radius 1 is 0.970 bits per heavy atom. The van der Waals surface area contributed by atoms with Crippen molar-refractivity contribution in [2.45, 2.75) is 55.3 Å². The van der Waals surface area contributed by atoms with Crippen molar-refractivity contribution in [2.24, 2.45) is 0 Å². The van der Waals surface area contributed by atoms with Crippen LogP contribution >= 0.6 is 0 Å². The number of esters is 1. The van der Waals surface area contributed by atoms with Crippen LogP contribution < -0.4 is 9.47 Å². The van der Waals surface area contributed by atoms with Gasteiger partial charge in [-0.05, 0) is 18.2 Å². The largest absolute Gasteiger partial charge is 0.497 e. The Labute approximate surface area is 188 Å². The minimum absolute atomic E-state index is 0.0349. The van der Waals surface area contributed by atoms with Crippen molar-refractivity contribution in [3.63, 3.8) is 0 Å². The zero-order chi connectivity index (χ0) is 24.3. The van der Waals surface area contributed by atoms with Crippen molar-refractivity contribution in [1.82, 2.24) is 0 Å². The summed E-state index contributed by atoms with van der Waals surface area (Å²) in [5.41, 5.74) is -0.0349. The third-order valence-corrected chi connectivity index (χ3v) is 5.38. The normalized spacial score (nSPS) is 36.8. The van der Waals surface area contributed by atoms with Gasteiger partial charge in [0.05, 0.1) is 27.4 Å². The van der Waals surface area contributed by atoms with Gasteiger partial charge in [-0.2, -0.15) is 0 Å². The number of methoxy groups -OCH3 is 2. The molecule has 9 atom stereocenters. The first kappa shape index (κ1) is 25.6. The van der Waals surface area contributed by atoms with Crippen LogP contribution in [0.15, 0.2) is 18.2 Å². The lowest BCUT2D eigenvalue weighted by atomic mass is 9.99. The van der Waals surface area contributed by atoms with Crippen LogP contribution in [0.4, 0.5) is 0 Å². The van der Waals surface area contributed by atoms with Crippen LogP contribution in [0.2, 0.25) is 0 Å². The number of ether oxygens (including phenoxy) is 6. The second kappa shape index (κ2) is 10.9. The third-order valence-electron chi connectivity index (χ3n) is 5.38. The molecule has 1 aromatic rings. The van der Waals surface area contributed by atoms with Gasteiger partial charge < -0.3 is 59.1 Å². The lowest BCUT2D eigenvalue weighted by Gasteiger charge is -2.41. The predicted molar refractivity (Wildman–Crippen MR) is 105 cm³/mol. The van der Waals surface area contributed by atoms with Crippen molar-refractivity contribution in [1.29, 1.82) is 0 Å². The summed E-state index contributed by atoms with van der Waals surface area (Å²) in [6.45, 7) is -0.736. The lowest BCUT2D eigenvalue weighted by Crippen LogP contribution is -2.61. The van der Waals surface area contributed by atoms with Crippen LogP contribution in [0, 0.1) is 0 Å². The van der Waals surface area contributed by atoms with Crippen LogP contribution in [-0.4, -0.2) is 119 Å². The van der Waals surface area contributed by atoms with Gasteiger partial charge in [0, 0.05) is 0 Å². The minimum atomic E-state index is -1.71. The van der Waals surface area contributed by atoms with Gasteiger partial charge in [0.2, 0.25) is 6.29 Å². The Morgan fingerprint density at radius 3 is 2.33 bits per heavy atom. The van der Waals surface area contributed by atoms with E-state index >= 15 is 0 Å². The lowest BCUT2D eigenvalue weighted by molar-refractivity contribution is -0.307. The molecule has 33 heavy (non-hydrogen) atoms. The van der Waals surface area contributed by atoms with Crippen LogP contribution in [0.1, 0.15) is 10.4 Å². The molecule has 0 amide bonds. The topological polar surface area (TPSA) is 194 Å². The second-order valence-electron chi connectivity index (χ2n) is 7.57. The summed E-state index contributed by atoms with van der Waals surface area (Å²) < 4.78 is 31.4. The summed E-state index contributed by atoms with van der Waals surface area (Å²) >= 11 is 0. The number of aliphatic hydroxyl groups excluding tert-OH is 6. The van der Waals surface area contributed by atoms with E-state index in [1.165, 1.54) is 32.4 Å². The van der Waals surface area contributed by atoms with Crippen LogP contribution in [0.3, 0.4) is 0 Å². The van der Waals surface area contributed by atoms with E-state index in [1.807, 2.05) is 0 Å². The van der Waals surface area contributed by atoms with E-state index in [2.05, 4.69) is 0 Å². The van der Waals surface area contributed by atoms with Crippen molar-refractivity contribution >= 4 is 5.97 Å². The Bertz CT molecular complexity index is 804. The number of carbonyl (C=O) groups excluding carboxylic acids is 1. The zero-order valence-electron chi connectivity index (χ0n) is 17.9. The highest BCUT2D eigenvalue weighted by Gasteiger charge is 2.46. The summed E-state index contributed by atoms with van der Waals surface area (Å²) in [6, 6.07) is 4.22. The van der Waals surface area contributed by atoms with E-state index in [-0.39, 0.29) is 17.9 Å². The van der Waals surface area contributed by atoms with Crippen molar-refractivity contribution in [3.8, 4) is 11.5 Å². The highest BCUT2D eigenvalue weighted by atomic mass is 16.7. The van der Waals surface area contributed by atoms with Gasteiger partial charge in [-0.3, -0.25) is 0 Å².